The van der Waals surface area contributed by atoms with Crippen LogP contribution >= 0.6 is 0 Å². The van der Waals surface area contributed by atoms with E-state index < -0.39 is 0 Å². The van der Waals surface area contributed by atoms with E-state index in [2.05, 4.69) is 20.8 Å². The molecule has 0 aliphatic carbocycles. The number of carbonyl (C=O) groups excluding carboxylic acids is 1. The first-order chi connectivity index (χ1) is 13.2. The highest BCUT2D eigenvalue weighted by atomic mass is 16.5. The third kappa shape index (κ3) is 3.95. The molecule has 0 saturated heterocycles. The molecule has 1 heterocycles. The van der Waals surface area contributed by atoms with Crippen molar-refractivity contribution in [3.63, 3.8) is 0 Å². The molecule has 0 aliphatic rings. The van der Waals surface area contributed by atoms with Crippen LogP contribution < -0.4 is 14.8 Å². The van der Waals surface area contributed by atoms with E-state index in [0.29, 0.717) is 22.7 Å². The van der Waals surface area contributed by atoms with Gasteiger partial charge in [-0.15, -0.1) is 5.10 Å². The maximum absolute atomic E-state index is 12.7. The summed E-state index contributed by atoms with van der Waals surface area (Å²) in [4.78, 5) is 12.7. The number of tetrazole rings is 1. The molecule has 0 bridgehead atoms. The third-order valence-electron chi connectivity index (χ3n) is 3.85. The van der Waals surface area contributed by atoms with Gasteiger partial charge in [0.2, 0.25) is 0 Å². The fraction of sp³-hybridized carbons (Fsp3) is 0.158. The SMILES string of the molecule is C/C=C/c1cc(C(=O)Nc2ccc(-n3cnnn3)cc2)cc(OC)c1OC. The molecular weight excluding hydrogens is 346 g/mol. The minimum Gasteiger partial charge on any atom is -0.493 e. The molecule has 0 aliphatic heterocycles. The summed E-state index contributed by atoms with van der Waals surface area (Å²) in [6, 6.07) is 10.6. The Morgan fingerprint density at radius 3 is 2.52 bits per heavy atom. The molecule has 1 amide bonds. The molecular formula is C19H19N5O3. The van der Waals surface area contributed by atoms with Crippen molar-refractivity contribution >= 4 is 17.7 Å². The summed E-state index contributed by atoms with van der Waals surface area (Å²) in [7, 11) is 3.10. The number of rotatable bonds is 6. The van der Waals surface area contributed by atoms with E-state index in [-0.39, 0.29) is 5.91 Å². The van der Waals surface area contributed by atoms with Gasteiger partial charge in [0.1, 0.15) is 6.33 Å². The van der Waals surface area contributed by atoms with Gasteiger partial charge in [-0.3, -0.25) is 4.79 Å². The van der Waals surface area contributed by atoms with Gasteiger partial charge >= 0.3 is 0 Å². The van der Waals surface area contributed by atoms with Crippen LogP contribution in [0.15, 0.2) is 48.8 Å². The second kappa shape index (κ2) is 8.13. The predicted octanol–water partition coefficient (Wildman–Crippen LogP) is 2.96. The summed E-state index contributed by atoms with van der Waals surface area (Å²) >= 11 is 0. The lowest BCUT2D eigenvalue weighted by molar-refractivity contribution is 0.102. The Kier molecular flexibility index (Phi) is 5.46. The molecule has 8 heteroatoms. The highest BCUT2D eigenvalue weighted by Gasteiger charge is 2.15. The Balaban J connectivity index is 1.84. The number of benzene rings is 2. The normalized spacial score (nSPS) is 10.8. The summed E-state index contributed by atoms with van der Waals surface area (Å²) in [6.07, 6.45) is 5.23. The quantitative estimate of drug-likeness (QED) is 0.722. The molecule has 1 aromatic heterocycles. The molecule has 1 N–H and O–H groups in total. The van der Waals surface area contributed by atoms with E-state index in [0.717, 1.165) is 11.3 Å². The van der Waals surface area contributed by atoms with Gasteiger partial charge in [0, 0.05) is 16.8 Å². The summed E-state index contributed by atoms with van der Waals surface area (Å²) in [5.41, 5.74) is 2.67. The summed E-state index contributed by atoms with van der Waals surface area (Å²) in [6.45, 7) is 1.89. The summed E-state index contributed by atoms with van der Waals surface area (Å²) in [5.74, 6) is 0.821. The van der Waals surface area contributed by atoms with E-state index in [1.165, 1.54) is 18.1 Å². The number of nitrogens with zero attached hydrogens (tertiary/aromatic N) is 4. The van der Waals surface area contributed by atoms with Crippen LogP contribution in [0.25, 0.3) is 11.8 Å². The molecule has 27 heavy (non-hydrogen) atoms. The van der Waals surface area contributed by atoms with Crippen molar-refractivity contribution in [1.29, 1.82) is 0 Å². The lowest BCUT2D eigenvalue weighted by Crippen LogP contribution is -2.12. The van der Waals surface area contributed by atoms with Crippen LogP contribution in [0, 0.1) is 0 Å². The van der Waals surface area contributed by atoms with Crippen molar-refractivity contribution in [1.82, 2.24) is 20.2 Å². The number of methoxy groups -OCH3 is 2. The number of allylic oxidation sites excluding steroid dienone is 1. The number of hydrogen-bond donors (Lipinski definition) is 1. The van der Waals surface area contributed by atoms with E-state index in [9.17, 15) is 4.79 Å². The molecule has 0 radical (unpaired) electrons. The van der Waals surface area contributed by atoms with E-state index in [1.54, 1.807) is 31.4 Å². The number of aromatic nitrogens is 4. The first-order valence-corrected chi connectivity index (χ1v) is 8.19. The number of carbonyl (C=O) groups is 1. The van der Waals surface area contributed by atoms with Gasteiger partial charge in [0.05, 0.1) is 19.9 Å². The van der Waals surface area contributed by atoms with Crippen LogP contribution in [0.5, 0.6) is 11.5 Å². The van der Waals surface area contributed by atoms with Crippen molar-refractivity contribution in [2.24, 2.45) is 0 Å². The maximum atomic E-state index is 12.7. The second-order valence-corrected chi connectivity index (χ2v) is 5.56. The van der Waals surface area contributed by atoms with Crippen molar-refractivity contribution in [3.05, 3.63) is 59.9 Å². The Morgan fingerprint density at radius 2 is 1.93 bits per heavy atom. The highest BCUT2D eigenvalue weighted by Crippen LogP contribution is 2.33. The van der Waals surface area contributed by atoms with Crippen LogP contribution in [0.1, 0.15) is 22.8 Å². The average molecular weight is 365 g/mol. The molecule has 0 fully saturated rings. The van der Waals surface area contributed by atoms with Crippen LogP contribution in [0.4, 0.5) is 5.69 Å². The van der Waals surface area contributed by atoms with Crippen LogP contribution in [-0.4, -0.2) is 40.3 Å². The van der Waals surface area contributed by atoms with Crippen molar-refractivity contribution < 1.29 is 14.3 Å². The standard InChI is InChI=1S/C19H19N5O3/c1-4-5-13-10-14(11-17(26-2)18(13)27-3)19(25)21-15-6-8-16(9-7-15)24-12-20-22-23-24/h4-12H,1-3H3,(H,21,25)/b5-4+. The number of hydrogen-bond acceptors (Lipinski definition) is 6. The summed E-state index contributed by atoms with van der Waals surface area (Å²) in [5, 5.41) is 13.9. The first-order valence-electron chi connectivity index (χ1n) is 8.19. The van der Waals surface area contributed by atoms with Gasteiger partial charge in [-0.1, -0.05) is 12.2 Å². The number of anilines is 1. The molecule has 3 rings (SSSR count). The Labute approximate surface area is 156 Å². The van der Waals surface area contributed by atoms with Crippen LogP contribution in [0.2, 0.25) is 0 Å². The molecule has 0 atom stereocenters. The Hall–Kier alpha value is -3.68. The zero-order valence-electron chi connectivity index (χ0n) is 15.2. The smallest absolute Gasteiger partial charge is 0.255 e. The predicted molar refractivity (Wildman–Crippen MR) is 101 cm³/mol. The summed E-state index contributed by atoms with van der Waals surface area (Å²) < 4.78 is 12.3. The van der Waals surface area contributed by atoms with E-state index in [4.69, 9.17) is 9.47 Å². The van der Waals surface area contributed by atoms with Crippen LogP contribution in [-0.2, 0) is 0 Å². The molecule has 0 unspecified atom stereocenters. The largest absolute Gasteiger partial charge is 0.493 e. The monoisotopic (exact) mass is 365 g/mol. The lowest BCUT2D eigenvalue weighted by atomic mass is 10.1. The maximum Gasteiger partial charge on any atom is 0.255 e. The molecule has 138 valence electrons. The topological polar surface area (TPSA) is 91.2 Å². The van der Waals surface area contributed by atoms with Crippen molar-refractivity contribution in [3.8, 4) is 17.2 Å². The number of amides is 1. The van der Waals surface area contributed by atoms with Gasteiger partial charge in [0.15, 0.2) is 11.5 Å². The molecule has 0 spiro atoms. The van der Waals surface area contributed by atoms with Gasteiger partial charge in [-0.2, -0.15) is 0 Å². The van der Waals surface area contributed by atoms with Gasteiger partial charge in [0.25, 0.3) is 5.91 Å². The Bertz CT molecular complexity index is 950. The third-order valence-corrected chi connectivity index (χ3v) is 3.85. The number of nitrogens with one attached hydrogen (secondary N) is 1. The van der Waals surface area contributed by atoms with Crippen molar-refractivity contribution in [2.75, 3.05) is 19.5 Å². The average Bonchev–Trinajstić information content (AvgIpc) is 3.23. The molecule has 3 aromatic rings. The van der Waals surface area contributed by atoms with Gasteiger partial charge in [-0.05, 0) is 53.7 Å². The zero-order valence-corrected chi connectivity index (χ0v) is 15.2. The van der Waals surface area contributed by atoms with Gasteiger partial charge < -0.3 is 14.8 Å². The van der Waals surface area contributed by atoms with Crippen LogP contribution in [0.3, 0.4) is 0 Å². The highest BCUT2D eigenvalue weighted by molar-refractivity contribution is 6.05. The zero-order chi connectivity index (χ0) is 19.2. The van der Waals surface area contributed by atoms with E-state index in [1.807, 2.05) is 31.2 Å². The fourth-order valence-corrected chi connectivity index (χ4v) is 2.61. The minimum atomic E-state index is -0.253. The van der Waals surface area contributed by atoms with Gasteiger partial charge in [-0.25, -0.2) is 4.68 Å². The number of ether oxygens (including phenoxy) is 2. The molecule has 0 saturated carbocycles. The fourth-order valence-electron chi connectivity index (χ4n) is 2.61. The van der Waals surface area contributed by atoms with Crippen molar-refractivity contribution in [2.45, 2.75) is 6.92 Å². The molecule has 8 nitrogen and oxygen atoms in total. The molecule has 2 aromatic carbocycles. The Morgan fingerprint density at radius 1 is 1.15 bits per heavy atom. The lowest BCUT2D eigenvalue weighted by Gasteiger charge is -2.13. The first kappa shape index (κ1) is 18.1. The minimum absolute atomic E-state index is 0.253. The second-order valence-electron chi connectivity index (χ2n) is 5.56. The van der Waals surface area contributed by atoms with E-state index >= 15 is 0 Å².